The first-order chi connectivity index (χ1) is 12.9. The van der Waals surface area contributed by atoms with Crippen LogP contribution in [-0.2, 0) is 11.3 Å². The maximum absolute atomic E-state index is 13.2. The molecule has 2 unspecified atom stereocenters. The molecule has 4 rings (SSSR count). The Kier molecular flexibility index (Phi) is 4.58. The number of nitrogens with zero attached hydrogens (tertiary/aromatic N) is 1. The van der Waals surface area contributed by atoms with Crippen LogP contribution in [0.2, 0.25) is 0 Å². The average molecular weight is 368 g/mol. The van der Waals surface area contributed by atoms with Gasteiger partial charge in [0, 0.05) is 22.7 Å². The predicted molar refractivity (Wildman–Crippen MR) is 107 cm³/mol. The summed E-state index contributed by atoms with van der Waals surface area (Å²) < 4.78 is 1.52. The number of carbonyl (C=O) groups excluding carboxylic acids is 1. The third-order valence-electron chi connectivity index (χ3n) is 6.75. The molecule has 0 saturated heterocycles. The van der Waals surface area contributed by atoms with Gasteiger partial charge in [0.25, 0.3) is 5.56 Å². The summed E-state index contributed by atoms with van der Waals surface area (Å²) in [5.74, 6) is 1.29. The highest BCUT2D eigenvalue weighted by molar-refractivity contribution is 6.04. The van der Waals surface area contributed by atoms with E-state index in [1.807, 2.05) is 18.2 Å². The van der Waals surface area contributed by atoms with Gasteiger partial charge in [0.15, 0.2) is 0 Å². The molecular weight excluding hydrogens is 340 g/mol. The molecule has 2 saturated carbocycles. The predicted octanol–water partition coefficient (Wildman–Crippen LogP) is 3.54. The molecule has 2 aromatic rings. The molecular formula is C22H28N2O3. The van der Waals surface area contributed by atoms with Crippen LogP contribution in [-0.4, -0.2) is 21.7 Å². The van der Waals surface area contributed by atoms with E-state index >= 15 is 0 Å². The Morgan fingerprint density at radius 2 is 2.19 bits per heavy atom. The molecule has 5 heteroatoms. The Hall–Kier alpha value is -2.14. The van der Waals surface area contributed by atoms with E-state index in [-0.39, 0.29) is 23.4 Å². The monoisotopic (exact) mass is 368 g/mol. The highest BCUT2D eigenvalue weighted by Gasteiger charge is 2.57. The van der Waals surface area contributed by atoms with Gasteiger partial charge < -0.3 is 15.0 Å². The minimum absolute atomic E-state index is 0.121. The molecule has 27 heavy (non-hydrogen) atoms. The van der Waals surface area contributed by atoms with Crippen molar-refractivity contribution in [2.45, 2.75) is 58.6 Å². The van der Waals surface area contributed by atoms with Crippen LogP contribution in [0, 0.1) is 17.3 Å². The van der Waals surface area contributed by atoms with Gasteiger partial charge in [-0.05, 0) is 62.6 Å². The van der Waals surface area contributed by atoms with Crippen LogP contribution in [0.25, 0.3) is 10.8 Å². The quantitative estimate of drug-likeness (QED) is 0.848. The maximum Gasteiger partial charge on any atom is 0.258 e. The van der Waals surface area contributed by atoms with Gasteiger partial charge >= 0.3 is 0 Å². The lowest BCUT2D eigenvalue weighted by molar-refractivity contribution is -0.133. The third-order valence-corrected chi connectivity index (χ3v) is 6.75. The van der Waals surface area contributed by atoms with E-state index in [1.165, 1.54) is 11.0 Å². The lowest BCUT2D eigenvalue weighted by atomic mass is 9.61. The van der Waals surface area contributed by atoms with E-state index in [0.29, 0.717) is 22.9 Å². The van der Waals surface area contributed by atoms with Crippen molar-refractivity contribution in [3.63, 3.8) is 0 Å². The molecule has 1 amide bonds. The van der Waals surface area contributed by atoms with E-state index in [0.717, 1.165) is 31.1 Å². The first kappa shape index (κ1) is 18.2. The van der Waals surface area contributed by atoms with Gasteiger partial charge in [-0.3, -0.25) is 9.59 Å². The van der Waals surface area contributed by atoms with Crippen LogP contribution in [0.5, 0.6) is 0 Å². The largest absolute Gasteiger partial charge is 0.392 e. The first-order valence-corrected chi connectivity index (χ1v) is 10.1. The molecule has 1 aromatic carbocycles. The topological polar surface area (TPSA) is 71.3 Å². The Balaban J connectivity index is 1.64. The number of carbonyl (C=O) groups is 1. The highest BCUT2D eigenvalue weighted by atomic mass is 16.3. The fourth-order valence-electron chi connectivity index (χ4n) is 5.11. The first-order valence-electron chi connectivity index (χ1n) is 10.1. The van der Waals surface area contributed by atoms with Crippen molar-refractivity contribution in [1.82, 2.24) is 4.57 Å². The summed E-state index contributed by atoms with van der Waals surface area (Å²) in [6.45, 7) is 4.13. The summed E-state index contributed by atoms with van der Waals surface area (Å²) in [6.07, 6.45) is 6.54. The van der Waals surface area contributed by atoms with Crippen LogP contribution in [0.4, 0.5) is 5.69 Å². The number of hydrogen-bond donors (Lipinski definition) is 2. The van der Waals surface area contributed by atoms with Gasteiger partial charge in [-0.25, -0.2) is 0 Å². The van der Waals surface area contributed by atoms with Crippen molar-refractivity contribution < 1.29 is 9.90 Å². The highest BCUT2D eigenvalue weighted by Crippen LogP contribution is 2.60. The number of fused-ring (bicyclic) bond motifs is 2. The number of anilines is 1. The Labute approximate surface area is 159 Å². The average Bonchev–Trinajstić information content (AvgIpc) is 2.89. The van der Waals surface area contributed by atoms with Crippen LogP contribution < -0.4 is 10.9 Å². The third kappa shape index (κ3) is 2.98. The zero-order valence-electron chi connectivity index (χ0n) is 16.1. The molecule has 0 radical (unpaired) electrons. The van der Waals surface area contributed by atoms with E-state index in [2.05, 4.69) is 12.2 Å². The molecule has 0 spiro atoms. The number of hydrogen-bond acceptors (Lipinski definition) is 3. The van der Waals surface area contributed by atoms with E-state index < -0.39 is 6.10 Å². The number of nitrogens with one attached hydrogen (secondary N) is 1. The number of rotatable bonds is 5. The molecule has 2 N–H and O–H groups in total. The van der Waals surface area contributed by atoms with Crippen molar-refractivity contribution in [2.75, 3.05) is 5.32 Å². The molecule has 5 nitrogen and oxygen atoms in total. The number of aliphatic hydroxyl groups excluding tert-OH is 1. The molecule has 4 atom stereocenters. The number of pyridine rings is 1. The second-order valence-corrected chi connectivity index (χ2v) is 8.45. The fourth-order valence-corrected chi connectivity index (χ4v) is 5.11. The van der Waals surface area contributed by atoms with Gasteiger partial charge in [-0.15, -0.1) is 0 Å². The Morgan fingerprint density at radius 3 is 2.85 bits per heavy atom. The van der Waals surface area contributed by atoms with Crippen LogP contribution in [0.3, 0.4) is 0 Å². The normalized spacial score (nSPS) is 27.8. The van der Waals surface area contributed by atoms with Crippen molar-refractivity contribution in [3.05, 3.63) is 40.8 Å². The number of benzene rings is 1. The zero-order chi connectivity index (χ0) is 19.2. The molecule has 2 aliphatic rings. The summed E-state index contributed by atoms with van der Waals surface area (Å²) in [4.78, 5) is 25.9. The lowest BCUT2D eigenvalue weighted by Gasteiger charge is -2.43. The van der Waals surface area contributed by atoms with Gasteiger partial charge in [-0.2, -0.15) is 0 Å². The standard InChI is InChI=1S/C22H28N2O3/c1-3-15-11-16-7-9-22(16,12-15)21(27)23-19-6-4-5-18-17(19)8-10-24(20(18)26)13-14(2)25/h4-6,8,10,14-16,25H,3,7,9,11-13H2,1-2H3,(H,23,27)/t14?,15-,16-,22?/m0/s1. The number of aromatic nitrogens is 1. The molecule has 2 aliphatic carbocycles. The molecule has 0 aliphatic heterocycles. The zero-order valence-corrected chi connectivity index (χ0v) is 16.1. The van der Waals surface area contributed by atoms with E-state index in [4.69, 9.17) is 0 Å². The fraction of sp³-hybridized carbons (Fsp3) is 0.545. The SMILES string of the molecule is CC[C@H]1C[C@@H]2CCC2(C(=O)Nc2cccc3c(=O)n(CC(C)O)ccc23)C1. The van der Waals surface area contributed by atoms with Crippen molar-refractivity contribution in [1.29, 1.82) is 0 Å². The minimum Gasteiger partial charge on any atom is -0.392 e. The van der Waals surface area contributed by atoms with Crippen molar-refractivity contribution in [3.8, 4) is 0 Å². The van der Waals surface area contributed by atoms with Gasteiger partial charge in [0.2, 0.25) is 5.91 Å². The van der Waals surface area contributed by atoms with E-state index in [1.54, 1.807) is 19.2 Å². The second-order valence-electron chi connectivity index (χ2n) is 8.45. The second kappa shape index (κ2) is 6.79. The number of amides is 1. The smallest absolute Gasteiger partial charge is 0.258 e. The minimum atomic E-state index is -0.591. The summed E-state index contributed by atoms with van der Waals surface area (Å²) in [6, 6.07) is 7.31. The maximum atomic E-state index is 13.2. The molecule has 1 aromatic heterocycles. The lowest BCUT2D eigenvalue weighted by Crippen LogP contribution is -2.46. The van der Waals surface area contributed by atoms with Crippen LogP contribution in [0.1, 0.15) is 46.0 Å². The molecule has 1 heterocycles. The summed E-state index contributed by atoms with van der Waals surface area (Å²) in [5, 5.41) is 14.1. The Morgan fingerprint density at radius 1 is 1.37 bits per heavy atom. The molecule has 2 fully saturated rings. The molecule has 144 valence electrons. The van der Waals surface area contributed by atoms with Gasteiger partial charge in [-0.1, -0.05) is 19.4 Å². The summed E-state index contributed by atoms with van der Waals surface area (Å²) in [7, 11) is 0. The Bertz CT molecular complexity index is 933. The molecule has 0 bridgehead atoms. The van der Waals surface area contributed by atoms with Gasteiger partial charge in [0.05, 0.1) is 18.1 Å². The summed E-state index contributed by atoms with van der Waals surface area (Å²) >= 11 is 0. The number of aliphatic hydroxyl groups is 1. The van der Waals surface area contributed by atoms with Gasteiger partial charge in [0.1, 0.15) is 0 Å². The van der Waals surface area contributed by atoms with Crippen molar-refractivity contribution >= 4 is 22.4 Å². The van der Waals surface area contributed by atoms with Crippen molar-refractivity contribution in [2.24, 2.45) is 17.3 Å². The van der Waals surface area contributed by atoms with Crippen LogP contribution in [0.15, 0.2) is 35.3 Å². The summed E-state index contributed by atoms with van der Waals surface area (Å²) in [5.41, 5.74) is 0.360. The van der Waals surface area contributed by atoms with Crippen LogP contribution >= 0.6 is 0 Å². The van der Waals surface area contributed by atoms with E-state index in [9.17, 15) is 14.7 Å².